The summed E-state index contributed by atoms with van der Waals surface area (Å²) in [6, 6.07) is 7.61. The molecule has 0 radical (unpaired) electrons. The Labute approximate surface area is 135 Å². The molecule has 1 heterocycles. The Morgan fingerprint density at radius 2 is 2.09 bits per heavy atom. The molecule has 124 valence electrons. The third-order valence-electron chi connectivity index (χ3n) is 4.75. The van der Waals surface area contributed by atoms with Gasteiger partial charge in [0.1, 0.15) is 11.9 Å². The summed E-state index contributed by atoms with van der Waals surface area (Å²) < 4.78 is 11.0. The summed E-state index contributed by atoms with van der Waals surface area (Å²) in [6.45, 7) is 1.43. The lowest BCUT2D eigenvalue weighted by molar-refractivity contribution is -0.160. The number of aliphatic carboxylic acids is 1. The van der Waals surface area contributed by atoms with Crippen LogP contribution in [-0.4, -0.2) is 48.7 Å². The minimum absolute atomic E-state index is 0.0557. The Morgan fingerprint density at radius 1 is 1.30 bits per heavy atom. The van der Waals surface area contributed by atoms with Crippen molar-refractivity contribution in [3.63, 3.8) is 0 Å². The molecular weight excluding hydrogens is 298 g/mol. The summed E-state index contributed by atoms with van der Waals surface area (Å²) in [6.07, 6.45) is 1.05. The first-order chi connectivity index (χ1) is 11.1. The van der Waals surface area contributed by atoms with Gasteiger partial charge in [0, 0.05) is 6.54 Å². The van der Waals surface area contributed by atoms with Crippen molar-refractivity contribution in [3.8, 4) is 5.75 Å². The molecule has 23 heavy (non-hydrogen) atoms. The molecule has 1 amide bonds. The molecule has 1 saturated heterocycles. The first-order valence-corrected chi connectivity index (χ1v) is 7.87. The molecule has 2 fully saturated rings. The number of hydrogen-bond acceptors (Lipinski definition) is 4. The second kappa shape index (κ2) is 6.58. The Morgan fingerprint density at radius 3 is 2.74 bits per heavy atom. The summed E-state index contributed by atoms with van der Waals surface area (Å²) in [5.74, 6) is -1.08. The second-order valence-electron chi connectivity index (χ2n) is 6.05. The van der Waals surface area contributed by atoms with Gasteiger partial charge in [-0.25, -0.2) is 0 Å². The fourth-order valence-corrected chi connectivity index (χ4v) is 3.22. The molecule has 0 bridgehead atoms. The van der Waals surface area contributed by atoms with Crippen molar-refractivity contribution in [3.05, 3.63) is 29.8 Å². The average Bonchev–Trinajstić information content (AvgIpc) is 2.53. The van der Waals surface area contributed by atoms with Crippen molar-refractivity contribution in [1.29, 1.82) is 0 Å². The van der Waals surface area contributed by atoms with Crippen LogP contribution >= 0.6 is 0 Å². The van der Waals surface area contributed by atoms with Crippen LogP contribution in [0.5, 0.6) is 5.75 Å². The van der Waals surface area contributed by atoms with Crippen LogP contribution in [0.1, 0.15) is 24.5 Å². The highest BCUT2D eigenvalue weighted by Crippen LogP contribution is 2.37. The number of amides is 1. The highest BCUT2D eigenvalue weighted by Gasteiger charge is 2.44. The fourth-order valence-electron chi connectivity index (χ4n) is 3.22. The van der Waals surface area contributed by atoms with Gasteiger partial charge in [0.2, 0.25) is 5.91 Å². The van der Waals surface area contributed by atoms with Crippen LogP contribution in [0.3, 0.4) is 0 Å². The lowest BCUT2D eigenvalue weighted by Gasteiger charge is -2.39. The van der Waals surface area contributed by atoms with Gasteiger partial charge in [0.05, 0.1) is 32.1 Å². The summed E-state index contributed by atoms with van der Waals surface area (Å²) in [5.41, 5.74) is 0.963. The quantitative estimate of drug-likeness (QED) is 0.914. The van der Waals surface area contributed by atoms with Crippen LogP contribution in [0, 0.1) is 11.8 Å². The molecule has 0 aromatic heterocycles. The molecule has 6 heteroatoms. The van der Waals surface area contributed by atoms with E-state index in [0.717, 1.165) is 11.3 Å². The zero-order valence-corrected chi connectivity index (χ0v) is 13.1. The van der Waals surface area contributed by atoms with Crippen LogP contribution in [0.25, 0.3) is 0 Å². The molecule has 1 saturated carbocycles. The van der Waals surface area contributed by atoms with Crippen LogP contribution in [0.15, 0.2) is 24.3 Å². The number of carboxylic acids is 1. The predicted molar refractivity (Wildman–Crippen MR) is 82.1 cm³/mol. The lowest BCUT2D eigenvalue weighted by Crippen LogP contribution is -2.50. The smallest absolute Gasteiger partial charge is 0.307 e. The van der Waals surface area contributed by atoms with Gasteiger partial charge in [0.25, 0.3) is 0 Å². The van der Waals surface area contributed by atoms with Crippen molar-refractivity contribution in [2.24, 2.45) is 11.8 Å². The van der Waals surface area contributed by atoms with Gasteiger partial charge in [-0.1, -0.05) is 12.1 Å². The van der Waals surface area contributed by atoms with Gasteiger partial charge in [-0.15, -0.1) is 0 Å². The number of carbonyl (C=O) groups is 2. The Kier molecular flexibility index (Phi) is 4.52. The molecule has 1 aliphatic carbocycles. The Balaban J connectivity index is 1.68. The van der Waals surface area contributed by atoms with Crippen LogP contribution in [0.4, 0.5) is 0 Å². The Hall–Kier alpha value is -2.08. The average molecular weight is 319 g/mol. The molecule has 1 aliphatic heterocycles. The molecule has 6 nitrogen and oxygen atoms in total. The molecule has 1 aromatic carbocycles. The van der Waals surface area contributed by atoms with E-state index >= 15 is 0 Å². The minimum atomic E-state index is -0.868. The van der Waals surface area contributed by atoms with E-state index in [1.165, 1.54) is 0 Å². The fraction of sp³-hybridized carbons (Fsp3) is 0.529. The SMILES string of the molecule is COc1cccc(C2CN(C(=O)C3CCC3C(=O)O)CCO2)c1. The number of carbonyl (C=O) groups excluding carboxylic acids is 1. The maximum atomic E-state index is 12.6. The van der Waals surface area contributed by atoms with Crippen molar-refractivity contribution >= 4 is 11.9 Å². The van der Waals surface area contributed by atoms with E-state index in [9.17, 15) is 9.59 Å². The summed E-state index contributed by atoms with van der Waals surface area (Å²) >= 11 is 0. The molecule has 3 unspecified atom stereocenters. The zero-order chi connectivity index (χ0) is 16.4. The van der Waals surface area contributed by atoms with Crippen molar-refractivity contribution < 1.29 is 24.2 Å². The summed E-state index contributed by atoms with van der Waals surface area (Å²) in [4.78, 5) is 25.4. The van der Waals surface area contributed by atoms with Crippen molar-refractivity contribution in [2.45, 2.75) is 18.9 Å². The Bertz CT molecular complexity index is 602. The van der Waals surface area contributed by atoms with E-state index in [1.54, 1.807) is 12.0 Å². The number of morpholine rings is 1. The lowest BCUT2D eigenvalue weighted by atomic mass is 9.73. The molecule has 0 spiro atoms. The van der Waals surface area contributed by atoms with Crippen LogP contribution in [-0.2, 0) is 14.3 Å². The second-order valence-corrected chi connectivity index (χ2v) is 6.05. The topological polar surface area (TPSA) is 76.1 Å². The normalized spacial score (nSPS) is 27.2. The number of ether oxygens (including phenoxy) is 2. The third-order valence-corrected chi connectivity index (χ3v) is 4.75. The monoisotopic (exact) mass is 319 g/mol. The number of carboxylic acid groups (broad SMARTS) is 1. The molecule has 2 aliphatic rings. The van der Waals surface area contributed by atoms with Crippen LogP contribution < -0.4 is 4.74 Å². The van der Waals surface area contributed by atoms with E-state index < -0.39 is 11.9 Å². The van der Waals surface area contributed by atoms with Gasteiger partial charge in [-0.2, -0.15) is 0 Å². The molecular formula is C17H21NO5. The standard InChI is InChI=1S/C17H21NO5/c1-22-12-4-2-3-11(9-12)15-10-18(7-8-23-15)16(19)13-5-6-14(13)17(20)21/h2-4,9,13-15H,5-8,10H2,1H3,(H,20,21). The van der Waals surface area contributed by atoms with Gasteiger partial charge in [-0.3, -0.25) is 9.59 Å². The maximum Gasteiger partial charge on any atom is 0.307 e. The van der Waals surface area contributed by atoms with E-state index in [2.05, 4.69) is 0 Å². The largest absolute Gasteiger partial charge is 0.497 e. The summed E-state index contributed by atoms with van der Waals surface area (Å²) in [7, 11) is 1.61. The molecule has 3 rings (SSSR count). The van der Waals surface area contributed by atoms with E-state index in [-0.39, 0.29) is 17.9 Å². The number of nitrogens with zero attached hydrogens (tertiary/aromatic N) is 1. The van der Waals surface area contributed by atoms with E-state index in [0.29, 0.717) is 32.5 Å². The number of hydrogen-bond donors (Lipinski definition) is 1. The molecule has 1 N–H and O–H groups in total. The predicted octanol–water partition coefficient (Wildman–Crippen LogP) is 1.71. The number of benzene rings is 1. The first kappa shape index (κ1) is 15.8. The van der Waals surface area contributed by atoms with Crippen molar-refractivity contribution in [1.82, 2.24) is 4.90 Å². The van der Waals surface area contributed by atoms with Gasteiger partial charge in [0.15, 0.2) is 0 Å². The maximum absolute atomic E-state index is 12.6. The number of methoxy groups -OCH3 is 1. The van der Waals surface area contributed by atoms with E-state index in [4.69, 9.17) is 14.6 Å². The molecule has 3 atom stereocenters. The third kappa shape index (κ3) is 3.17. The van der Waals surface area contributed by atoms with Gasteiger partial charge in [-0.05, 0) is 30.5 Å². The van der Waals surface area contributed by atoms with Gasteiger partial charge >= 0.3 is 5.97 Å². The van der Waals surface area contributed by atoms with E-state index in [1.807, 2.05) is 24.3 Å². The summed E-state index contributed by atoms with van der Waals surface area (Å²) in [5, 5.41) is 9.13. The van der Waals surface area contributed by atoms with Crippen LogP contribution in [0.2, 0.25) is 0 Å². The molecule has 1 aromatic rings. The van der Waals surface area contributed by atoms with Gasteiger partial charge < -0.3 is 19.5 Å². The first-order valence-electron chi connectivity index (χ1n) is 7.87. The number of rotatable bonds is 4. The highest BCUT2D eigenvalue weighted by molar-refractivity contribution is 5.86. The minimum Gasteiger partial charge on any atom is -0.497 e. The van der Waals surface area contributed by atoms with Crippen molar-refractivity contribution in [2.75, 3.05) is 26.8 Å². The zero-order valence-electron chi connectivity index (χ0n) is 13.1. The highest BCUT2D eigenvalue weighted by atomic mass is 16.5.